The molecule has 7 heteroatoms. The van der Waals surface area contributed by atoms with Gasteiger partial charge in [0.15, 0.2) is 0 Å². The van der Waals surface area contributed by atoms with Crippen molar-refractivity contribution in [3.05, 3.63) is 58.4 Å². The highest BCUT2D eigenvalue weighted by molar-refractivity contribution is 5.51. The summed E-state index contributed by atoms with van der Waals surface area (Å²) >= 11 is 0. The van der Waals surface area contributed by atoms with Crippen LogP contribution in [0, 0.1) is 0 Å². The molecule has 0 aliphatic carbocycles. The quantitative estimate of drug-likeness (QED) is 0.474. The van der Waals surface area contributed by atoms with Gasteiger partial charge in [-0.3, -0.25) is 4.79 Å². The number of nitrogens with one attached hydrogen (secondary N) is 1. The molecule has 1 heterocycles. The number of aromatic hydroxyl groups is 1. The second kappa shape index (κ2) is 6.09. The minimum Gasteiger partial charge on any atom is -0.491 e. The molecule has 4 N–H and O–H groups in total. The van der Waals surface area contributed by atoms with Gasteiger partial charge in [0.1, 0.15) is 5.69 Å². The number of nitrogens with zero attached hydrogens (tertiary/aromatic N) is 1. The van der Waals surface area contributed by atoms with E-state index in [1.807, 2.05) is 30.3 Å². The minimum absolute atomic E-state index is 0.0346. The monoisotopic (exact) mass is 278 g/mol. The van der Waals surface area contributed by atoms with Crippen molar-refractivity contribution in [1.29, 1.82) is 0 Å². The molecule has 0 fully saturated rings. The van der Waals surface area contributed by atoms with Crippen LogP contribution in [0.25, 0.3) is 0 Å². The maximum atomic E-state index is 11.0. The smallest absolute Gasteiger partial charge is 0.286 e. The normalized spacial score (nSPS) is 12.1. The average Bonchev–Trinajstić information content (AvgIpc) is 2.47. The molecule has 1 aromatic heterocycles. The van der Waals surface area contributed by atoms with E-state index < -0.39 is 17.9 Å². The van der Waals surface area contributed by atoms with Crippen molar-refractivity contribution in [2.24, 2.45) is 0 Å². The van der Waals surface area contributed by atoms with Crippen LogP contribution >= 0.6 is 0 Å². The molecule has 7 nitrogen and oxygen atoms in total. The first-order valence-electron chi connectivity index (χ1n) is 5.82. The fraction of sp³-hybridized carbons (Fsp3) is 0.154. The Balaban J connectivity index is 1.97. The first kappa shape index (κ1) is 13.9. The van der Waals surface area contributed by atoms with Gasteiger partial charge in [0.25, 0.3) is 11.4 Å². The molecule has 106 valence electrons. The van der Waals surface area contributed by atoms with E-state index in [0.29, 0.717) is 0 Å². The van der Waals surface area contributed by atoms with E-state index in [1.54, 1.807) is 0 Å². The van der Waals surface area contributed by atoms with E-state index in [4.69, 9.17) is 4.74 Å². The predicted octanol–water partition coefficient (Wildman–Crippen LogP) is 0.696. The van der Waals surface area contributed by atoms with Crippen LogP contribution in [0.2, 0.25) is 0 Å². The third-order valence-electron chi connectivity index (χ3n) is 2.57. The molecule has 1 aromatic carbocycles. The summed E-state index contributed by atoms with van der Waals surface area (Å²) in [6.45, 7) is 0.161. The Hall–Kier alpha value is -2.51. The number of aliphatic hydroxyl groups is 1. The first-order valence-corrected chi connectivity index (χ1v) is 5.82. The Morgan fingerprint density at radius 2 is 1.90 bits per heavy atom. The molecule has 20 heavy (non-hydrogen) atoms. The highest BCUT2D eigenvalue weighted by Gasteiger charge is 2.11. The van der Waals surface area contributed by atoms with Crippen LogP contribution in [-0.2, 0) is 11.3 Å². The Bertz CT molecular complexity index is 626. The van der Waals surface area contributed by atoms with E-state index in [9.17, 15) is 20.2 Å². The van der Waals surface area contributed by atoms with Crippen LogP contribution in [0.1, 0.15) is 5.56 Å². The van der Waals surface area contributed by atoms with Crippen molar-refractivity contribution in [3.63, 3.8) is 0 Å². The van der Waals surface area contributed by atoms with E-state index >= 15 is 0 Å². The van der Waals surface area contributed by atoms with Gasteiger partial charge in [-0.25, -0.2) is 0 Å². The highest BCUT2D eigenvalue weighted by atomic mass is 16.6. The molecule has 1 unspecified atom stereocenters. The summed E-state index contributed by atoms with van der Waals surface area (Å²) in [4.78, 5) is 11.0. The van der Waals surface area contributed by atoms with Crippen LogP contribution in [-0.4, -0.2) is 26.6 Å². The highest BCUT2D eigenvalue weighted by Crippen LogP contribution is 2.19. The topological polar surface area (TPSA) is 104 Å². The molecule has 2 aromatic rings. The molecule has 0 aliphatic heterocycles. The van der Waals surface area contributed by atoms with Crippen molar-refractivity contribution in [3.8, 4) is 5.88 Å². The Morgan fingerprint density at radius 3 is 2.60 bits per heavy atom. The molecule has 0 spiro atoms. The van der Waals surface area contributed by atoms with Gasteiger partial charge in [0.05, 0.1) is 6.61 Å². The van der Waals surface area contributed by atoms with Crippen molar-refractivity contribution in [2.45, 2.75) is 13.0 Å². The SMILES string of the molecule is O=c1ccc(NC(O)OCc2ccccc2)c(O)n1O. The zero-order valence-corrected chi connectivity index (χ0v) is 10.4. The summed E-state index contributed by atoms with van der Waals surface area (Å²) in [6, 6.07) is 11.5. The molecular formula is C13H14N2O5. The van der Waals surface area contributed by atoms with Gasteiger partial charge in [-0.2, -0.15) is 0 Å². The summed E-state index contributed by atoms with van der Waals surface area (Å²) in [6.07, 6.45) is -1.40. The maximum Gasteiger partial charge on any atom is 0.286 e. The summed E-state index contributed by atoms with van der Waals surface area (Å²) < 4.78 is 5.18. The van der Waals surface area contributed by atoms with Crippen LogP contribution < -0.4 is 10.9 Å². The molecule has 0 radical (unpaired) electrons. The van der Waals surface area contributed by atoms with Crippen molar-refractivity contribution < 1.29 is 20.2 Å². The zero-order valence-electron chi connectivity index (χ0n) is 10.4. The lowest BCUT2D eigenvalue weighted by Crippen LogP contribution is -2.24. The molecule has 2 rings (SSSR count). The van der Waals surface area contributed by atoms with E-state index in [-0.39, 0.29) is 17.0 Å². The predicted molar refractivity (Wildman–Crippen MR) is 70.4 cm³/mol. The van der Waals surface area contributed by atoms with Gasteiger partial charge in [0, 0.05) is 6.07 Å². The fourth-order valence-corrected chi connectivity index (χ4v) is 1.55. The van der Waals surface area contributed by atoms with Gasteiger partial charge in [-0.15, -0.1) is 4.73 Å². The molecule has 0 saturated carbocycles. The van der Waals surface area contributed by atoms with Crippen molar-refractivity contribution in [2.75, 3.05) is 5.32 Å². The van der Waals surface area contributed by atoms with E-state index in [2.05, 4.69) is 5.32 Å². The largest absolute Gasteiger partial charge is 0.491 e. The lowest BCUT2D eigenvalue weighted by atomic mass is 10.2. The minimum atomic E-state index is -1.40. The standard InChI is InChI=1S/C13H14N2O5/c16-11-7-6-10(12(17)15(11)19)14-13(18)20-8-9-4-2-1-3-5-9/h1-7,13-14,17-19H,8H2. The molecule has 0 bridgehead atoms. The number of aliphatic hydroxyl groups excluding tert-OH is 1. The Kier molecular flexibility index (Phi) is 4.24. The average molecular weight is 278 g/mol. The number of rotatable bonds is 5. The zero-order chi connectivity index (χ0) is 14.5. The number of ether oxygens (including phenoxy) is 1. The molecule has 0 amide bonds. The molecule has 1 atom stereocenters. The van der Waals surface area contributed by atoms with Crippen LogP contribution in [0.15, 0.2) is 47.3 Å². The van der Waals surface area contributed by atoms with Gasteiger partial charge >= 0.3 is 0 Å². The number of aromatic nitrogens is 1. The number of benzene rings is 1. The summed E-state index contributed by atoms with van der Waals surface area (Å²) in [5, 5.41) is 30.7. The second-order valence-electron chi connectivity index (χ2n) is 4.01. The van der Waals surface area contributed by atoms with Gasteiger partial charge < -0.3 is 25.5 Å². The maximum absolute atomic E-state index is 11.0. The van der Waals surface area contributed by atoms with Crippen LogP contribution in [0.5, 0.6) is 5.88 Å². The molecule has 0 aliphatic rings. The third kappa shape index (κ3) is 3.28. The van der Waals surface area contributed by atoms with Gasteiger partial charge in [-0.1, -0.05) is 30.3 Å². The summed E-state index contributed by atoms with van der Waals surface area (Å²) in [7, 11) is 0. The van der Waals surface area contributed by atoms with E-state index in [1.165, 1.54) is 6.07 Å². The van der Waals surface area contributed by atoms with Crippen molar-refractivity contribution >= 4 is 5.69 Å². The lowest BCUT2D eigenvalue weighted by Gasteiger charge is -2.16. The van der Waals surface area contributed by atoms with Crippen LogP contribution in [0.4, 0.5) is 5.69 Å². The number of hydrogen-bond donors (Lipinski definition) is 4. The number of pyridine rings is 1. The lowest BCUT2D eigenvalue weighted by molar-refractivity contribution is -0.0873. The molecule has 0 saturated heterocycles. The number of anilines is 1. The van der Waals surface area contributed by atoms with Gasteiger partial charge in [-0.05, 0) is 11.6 Å². The first-order chi connectivity index (χ1) is 9.58. The van der Waals surface area contributed by atoms with Gasteiger partial charge in [0.2, 0.25) is 6.41 Å². The number of hydrogen-bond acceptors (Lipinski definition) is 6. The fourth-order valence-electron chi connectivity index (χ4n) is 1.55. The third-order valence-corrected chi connectivity index (χ3v) is 2.57. The second-order valence-corrected chi connectivity index (χ2v) is 4.01. The van der Waals surface area contributed by atoms with Crippen molar-refractivity contribution in [1.82, 2.24) is 4.73 Å². The Labute approximate surface area is 114 Å². The Morgan fingerprint density at radius 1 is 1.20 bits per heavy atom. The van der Waals surface area contributed by atoms with Crippen LogP contribution in [0.3, 0.4) is 0 Å². The summed E-state index contributed by atoms with van der Waals surface area (Å²) in [5.74, 6) is -0.708. The summed E-state index contributed by atoms with van der Waals surface area (Å²) in [5.41, 5.74) is 0.0464. The van der Waals surface area contributed by atoms with E-state index in [0.717, 1.165) is 11.6 Å². The molecular weight excluding hydrogens is 264 g/mol.